The Labute approximate surface area is 147 Å². The van der Waals surface area contributed by atoms with E-state index >= 15 is 0 Å². The van der Waals surface area contributed by atoms with E-state index in [-0.39, 0.29) is 11.4 Å². The van der Waals surface area contributed by atoms with Crippen LogP contribution in [0.25, 0.3) is 0 Å². The van der Waals surface area contributed by atoms with Gasteiger partial charge in [-0.3, -0.25) is 14.4 Å². The van der Waals surface area contributed by atoms with E-state index in [9.17, 15) is 15.2 Å². The molecule has 0 radical (unpaired) electrons. The zero-order valence-electron chi connectivity index (χ0n) is 14.9. The summed E-state index contributed by atoms with van der Waals surface area (Å²) in [6.45, 7) is 6.09. The van der Waals surface area contributed by atoms with Crippen molar-refractivity contribution in [2.75, 3.05) is 0 Å². The first-order valence-electron chi connectivity index (χ1n) is 8.46. The van der Waals surface area contributed by atoms with Crippen molar-refractivity contribution in [2.24, 2.45) is 4.99 Å². The van der Waals surface area contributed by atoms with Crippen molar-refractivity contribution in [1.82, 2.24) is 4.57 Å². The quantitative estimate of drug-likeness (QED) is 0.639. The Balaban J connectivity index is 2.51. The number of hydrogen-bond acceptors (Lipinski definition) is 4. The maximum atomic E-state index is 12.4. The van der Waals surface area contributed by atoms with E-state index in [0.29, 0.717) is 17.7 Å². The molecule has 0 unspecified atom stereocenters. The number of aromatic nitrogens is 1. The van der Waals surface area contributed by atoms with E-state index in [4.69, 9.17) is 0 Å². The van der Waals surface area contributed by atoms with Gasteiger partial charge in [0, 0.05) is 12.8 Å². The van der Waals surface area contributed by atoms with E-state index in [0.717, 1.165) is 30.5 Å². The first kappa shape index (κ1) is 18.5. The minimum atomic E-state index is -0.443. The highest BCUT2D eigenvalue weighted by Gasteiger charge is 2.17. The van der Waals surface area contributed by atoms with Crippen LogP contribution in [0.3, 0.4) is 0 Å². The number of aromatic hydroxyl groups is 1. The fourth-order valence-electron chi connectivity index (χ4n) is 2.70. The molecule has 25 heavy (non-hydrogen) atoms. The molecule has 2 rings (SSSR count). The molecule has 0 aliphatic rings. The number of aryl methyl sites for hydroxylation is 1. The SMILES string of the molecule is CCCCCn1c(O)c(C=Nc2cccc(C)c2)c(C)c(C#N)c1=O. The van der Waals surface area contributed by atoms with Crippen molar-refractivity contribution in [3.05, 3.63) is 56.9 Å². The molecular weight excluding hydrogens is 314 g/mol. The van der Waals surface area contributed by atoms with Gasteiger partial charge in [-0.2, -0.15) is 5.26 Å². The van der Waals surface area contributed by atoms with E-state index in [1.165, 1.54) is 10.8 Å². The van der Waals surface area contributed by atoms with Crippen molar-refractivity contribution < 1.29 is 5.11 Å². The Bertz CT molecular complexity index is 889. The largest absolute Gasteiger partial charge is 0.494 e. The lowest BCUT2D eigenvalue weighted by Gasteiger charge is -2.13. The first-order chi connectivity index (χ1) is 12.0. The summed E-state index contributed by atoms with van der Waals surface area (Å²) in [5, 5.41) is 19.9. The lowest BCUT2D eigenvalue weighted by molar-refractivity contribution is 0.398. The summed E-state index contributed by atoms with van der Waals surface area (Å²) in [5.74, 6) is -0.131. The Kier molecular flexibility index (Phi) is 6.13. The van der Waals surface area contributed by atoms with Crippen LogP contribution >= 0.6 is 0 Å². The molecule has 130 valence electrons. The molecule has 0 fully saturated rings. The molecule has 2 aromatic rings. The lowest BCUT2D eigenvalue weighted by Crippen LogP contribution is -2.25. The second kappa shape index (κ2) is 8.29. The molecule has 0 saturated carbocycles. The highest BCUT2D eigenvalue weighted by atomic mass is 16.3. The van der Waals surface area contributed by atoms with Crippen LogP contribution in [-0.4, -0.2) is 15.9 Å². The van der Waals surface area contributed by atoms with Crippen LogP contribution in [0.5, 0.6) is 5.88 Å². The van der Waals surface area contributed by atoms with Gasteiger partial charge in [0.1, 0.15) is 11.6 Å². The van der Waals surface area contributed by atoms with Crippen LogP contribution < -0.4 is 5.56 Å². The minimum Gasteiger partial charge on any atom is -0.494 e. The van der Waals surface area contributed by atoms with Crippen LogP contribution in [0.15, 0.2) is 34.1 Å². The number of nitrogens with zero attached hydrogens (tertiary/aromatic N) is 3. The number of nitriles is 1. The molecule has 0 saturated heterocycles. The zero-order chi connectivity index (χ0) is 18.4. The summed E-state index contributed by atoms with van der Waals surface area (Å²) in [6.07, 6.45) is 4.25. The predicted molar refractivity (Wildman–Crippen MR) is 99.8 cm³/mol. The molecule has 0 aliphatic heterocycles. The van der Waals surface area contributed by atoms with Crippen molar-refractivity contribution in [3.63, 3.8) is 0 Å². The lowest BCUT2D eigenvalue weighted by atomic mass is 10.1. The van der Waals surface area contributed by atoms with Crippen LogP contribution in [0.4, 0.5) is 5.69 Å². The van der Waals surface area contributed by atoms with Gasteiger partial charge in [-0.25, -0.2) is 0 Å². The molecular formula is C20H23N3O2. The molecule has 5 nitrogen and oxygen atoms in total. The Morgan fingerprint density at radius 3 is 2.72 bits per heavy atom. The fourth-order valence-corrected chi connectivity index (χ4v) is 2.70. The van der Waals surface area contributed by atoms with Gasteiger partial charge in [-0.05, 0) is 43.5 Å². The molecule has 1 aromatic carbocycles. The summed E-state index contributed by atoms with van der Waals surface area (Å²) in [5.41, 5.74) is 2.31. The summed E-state index contributed by atoms with van der Waals surface area (Å²) >= 11 is 0. The van der Waals surface area contributed by atoms with Gasteiger partial charge >= 0.3 is 0 Å². The third-order valence-corrected chi connectivity index (χ3v) is 4.18. The Hall–Kier alpha value is -2.87. The molecule has 0 amide bonds. The summed E-state index contributed by atoms with van der Waals surface area (Å²) in [4.78, 5) is 16.8. The number of aliphatic imine (C=N–C) groups is 1. The normalized spacial score (nSPS) is 11.0. The van der Waals surface area contributed by atoms with Crippen LogP contribution in [0.2, 0.25) is 0 Å². The topological polar surface area (TPSA) is 78.4 Å². The molecule has 1 heterocycles. The van der Waals surface area contributed by atoms with Crippen LogP contribution in [-0.2, 0) is 6.54 Å². The van der Waals surface area contributed by atoms with Gasteiger partial charge in [0.05, 0.1) is 11.3 Å². The van der Waals surface area contributed by atoms with Gasteiger partial charge in [0.2, 0.25) is 5.88 Å². The van der Waals surface area contributed by atoms with E-state index in [2.05, 4.69) is 11.9 Å². The minimum absolute atomic E-state index is 0.0555. The fraction of sp³-hybridized carbons (Fsp3) is 0.350. The van der Waals surface area contributed by atoms with Crippen molar-refractivity contribution in [3.8, 4) is 11.9 Å². The first-order valence-corrected chi connectivity index (χ1v) is 8.46. The van der Waals surface area contributed by atoms with Gasteiger partial charge in [0.15, 0.2) is 0 Å². The second-order valence-electron chi connectivity index (χ2n) is 6.11. The predicted octanol–water partition coefficient (Wildman–Crippen LogP) is 3.98. The number of benzene rings is 1. The smallest absolute Gasteiger partial charge is 0.271 e. The molecule has 1 N–H and O–H groups in total. The van der Waals surface area contributed by atoms with Gasteiger partial charge in [0.25, 0.3) is 5.56 Å². The number of hydrogen-bond donors (Lipinski definition) is 1. The average Bonchev–Trinajstić information content (AvgIpc) is 2.58. The van der Waals surface area contributed by atoms with Crippen LogP contribution in [0, 0.1) is 25.2 Å². The zero-order valence-corrected chi connectivity index (χ0v) is 14.9. The summed E-state index contributed by atoms with van der Waals surface area (Å²) < 4.78 is 1.28. The van der Waals surface area contributed by atoms with E-state index in [1.54, 1.807) is 6.92 Å². The van der Waals surface area contributed by atoms with Gasteiger partial charge in [-0.15, -0.1) is 0 Å². The van der Waals surface area contributed by atoms with Gasteiger partial charge in [-0.1, -0.05) is 31.9 Å². The number of rotatable bonds is 6. The highest BCUT2D eigenvalue weighted by Crippen LogP contribution is 2.22. The standard InChI is InChI=1S/C20H23N3O2/c1-4-5-6-10-23-19(24)17(12-21)15(3)18(20(23)25)13-22-16-9-7-8-14(2)11-16/h7-9,11,13,25H,4-6,10H2,1-3H3. The molecule has 0 aliphatic carbocycles. The van der Waals surface area contributed by atoms with E-state index < -0.39 is 5.56 Å². The molecule has 5 heteroatoms. The summed E-state index contributed by atoms with van der Waals surface area (Å²) in [7, 11) is 0. The van der Waals surface area contributed by atoms with Crippen molar-refractivity contribution in [2.45, 2.75) is 46.6 Å². The molecule has 1 aromatic heterocycles. The van der Waals surface area contributed by atoms with Gasteiger partial charge < -0.3 is 5.11 Å². The average molecular weight is 337 g/mol. The molecule has 0 spiro atoms. The van der Waals surface area contributed by atoms with Crippen molar-refractivity contribution in [1.29, 1.82) is 5.26 Å². The third kappa shape index (κ3) is 4.16. The Morgan fingerprint density at radius 1 is 1.32 bits per heavy atom. The van der Waals surface area contributed by atoms with Crippen LogP contribution in [0.1, 0.15) is 48.4 Å². The maximum Gasteiger partial charge on any atom is 0.271 e. The highest BCUT2D eigenvalue weighted by molar-refractivity contribution is 5.87. The molecule has 0 bridgehead atoms. The number of unbranched alkanes of at least 4 members (excludes halogenated alkanes) is 2. The number of pyridine rings is 1. The monoisotopic (exact) mass is 337 g/mol. The summed E-state index contributed by atoms with van der Waals surface area (Å²) in [6, 6.07) is 9.62. The molecule has 0 atom stereocenters. The second-order valence-corrected chi connectivity index (χ2v) is 6.11. The Morgan fingerprint density at radius 2 is 2.08 bits per heavy atom. The third-order valence-electron chi connectivity index (χ3n) is 4.18. The van der Waals surface area contributed by atoms with Crippen molar-refractivity contribution >= 4 is 11.9 Å². The van der Waals surface area contributed by atoms with E-state index in [1.807, 2.05) is 37.3 Å². The maximum absolute atomic E-state index is 12.4.